The van der Waals surface area contributed by atoms with Gasteiger partial charge in [-0.2, -0.15) is 0 Å². The van der Waals surface area contributed by atoms with Gasteiger partial charge in [0.1, 0.15) is 0 Å². The lowest BCUT2D eigenvalue weighted by Gasteiger charge is -2.38. The number of hydrogen-bond acceptors (Lipinski definition) is 4. The second-order valence-corrected chi connectivity index (χ2v) is 4.97. The minimum absolute atomic E-state index is 0.226. The molecule has 1 heterocycles. The van der Waals surface area contributed by atoms with Gasteiger partial charge in [0, 0.05) is 43.9 Å². The highest BCUT2D eigenvalue weighted by Crippen LogP contribution is 2.21. The van der Waals surface area contributed by atoms with Crippen LogP contribution in [0.3, 0.4) is 0 Å². The molecule has 18 heavy (non-hydrogen) atoms. The van der Waals surface area contributed by atoms with Crippen LogP contribution in [-0.2, 0) is 6.54 Å². The third kappa shape index (κ3) is 2.86. The number of para-hydroxylation sites is 1. The number of benzene rings is 1. The monoisotopic (exact) mass is 249 g/mol. The standard InChI is InChI=1S/C13H19N3O2/c1-11-9-14(2)7-8-15(11)10-12-5-3-4-6-13(12)16(17)18/h3-6,11H,7-10H2,1-2H3. The van der Waals surface area contributed by atoms with Gasteiger partial charge in [0.05, 0.1) is 4.92 Å². The fourth-order valence-electron chi connectivity index (χ4n) is 2.45. The predicted molar refractivity (Wildman–Crippen MR) is 70.5 cm³/mol. The van der Waals surface area contributed by atoms with E-state index in [0.717, 1.165) is 25.2 Å². The zero-order valence-corrected chi connectivity index (χ0v) is 10.9. The molecule has 1 unspecified atom stereocenters. The van der Waals surface area contributed by atoms with Crippen molar-refractivity contribution in [3.8, 4) is 0 Å². The summed E-state index contributed by atoms with van der Waals surface area (Å²) >= 11 is 0. The number of nitrogens with zero attached hydrogens (tertiary/aromatic N) is 3. The molecule has 0 aliphatic carbocycles. The van der Waals surface area contributed by atoms with E-state index in [1.54, 1.807) is 12.1 Å². The highest BCUT2D eigenvalue weighted by atomic mass is 16.6. The number of likely N-dealkylation sites (N-methyl/N-ethyl adjacent to an activating group) is 1. The smallest absolute Gasteiger partial charge is 0.273 e. The first-order valence-corrected chi connectivity index (χ1v) is 6.23. The first-order valence-electron chi connectivity index (χ1n) is 6.23. The van der Waals surface area contributed by atoms with E-state index in [-0.39, 0.29) is 10.6 Å². The molecule has 5 heteroatoms. The van der Waals surface area contributed by atoms with Crippen molar-refractivity contribution >= 4 is 5.69 Å². The van der Waals surface area contributed by atoms with Crippen LogP contribution in [0.2, 0.25) is 0 Å². The van der Waals surface area contributed by atoms with E-state index in [4.69, 9.17) is 0 Å². The Morgan fingerprint density at radius 1 is 1.39 bits per heavy atom. The van der Waals surface area contributed by atoms with Crippen molar-refractivity contribution in [3.63, 3.8) is 0 Å². The van der Waals surface area contributed by atoms with Crippen molar-refractivity contribution in [1.82, 2.24) is 9.80 Å². The molecule has 0 N–H and O–H groups in total. The van der Waals surface area contributed by atoms with Gasteiger partial charge in [-0.1, -0.05) is 18.2 Å². The van der Waals surface area contributed by atoms with Crippen molar-refractivity contribution in [1.29, 1.82) is 0 Å². The predicted octanol–water partition coefficient (Wildman–Crippen LogP) is 1.73. The van der Waals surface area contributed by atoms with E-state index < -0.39 is 0 Å². The lowest BCUT2D eigenvalue weighted by molar-refractivity contribution is -0.385. The van der Waals surface area contributed by atoms with Gasteiger partial charge in [0.15, 0.2) is 0 Å². The quantitative estimate of drug-likeness (QED) is 0.604. The van der Waals surface area contributed by atoms with Gasteiger partial charge >= 0.3 is 0 Å². The number of rotatable bonds is 3. The summed E-state index contributed by atoms with van der Waals surface area (Å²) in [6.45, 7) is 5.83. The number of nitro benzene ring substituents is 1. The second-order valence-electron chi connectivity index (χ2n) is 4.97. The zero-order valence-electron chi connectivity index (χ0n) is 10.9. The third-order valence-electron chi connectivity index (χ3n) is 3.53. The average Bonchev–Trinajstić information content (AvgIpc) is 2.33. The Labute approximate surface area is 107 Å². The first kappa shape index (κ1) is 13.0. The van der Waals surface area contributed by atoms with Crippen molar-refractivity contribution in [2.45, 2.75) is 19.5 Å². The molecule has 1 aromatic carbocycles. The largest absolute Gasteiger partial charge is 0.304 e. The summed E-state index contributed by atoms with van der Waals surface area (Å²) in [5, 5.41) is 11.0. The first-order chi connectivity index (χ1) is 8.58. The summed E-state index contributed by atoms with van der Waals surface area (Å²) in [7, 11) is 2.11. The normalized spacial score (nSPS) is 22.0. The molecule has 0 radical (unpaired) electrons. The van der Waals surface area contributed by atoms with Crippen LogP contribution in [0, 0.1) is 10.1 Å². The fourth-order valence-corrected chi connectivity index (χ4v) is 2.45. The molecule has 5 nitrogen and oxygen atoms in total. The molecule has 1 fully saturated rings. The molecule has 0 amide bonds. The maximum Gasteiger partial charge on any atom is 0.273 e. The second kappa shape index (κ2) is 5.46. The summed E-state index contributed by atoms with van der Waals surface area (Å²) in [6.07, 6.45) is 0. The minimum atomic E-state index is -0.296. The van der Waals surface area contributed by atoms with Gasteiger partial charge in [0.25, 0.3) is 5.69 Å². The van der Waals surface area contributed by atoms with E-state index in [2.05, 4.69) is 23.8 Å². The maximum absolute atomic E-state index is 11.0. The van der Waals surface area contributed by atoms with Crippen LogP contribution in [0.15, 0.2) is 24.3 Å². The van der Waals surface area contributed by atoms with Crippen LogP contribution in [0.1, 0.15) is 12.5 Å². The lowest BCUT2D eigenvalue weighted by Crippen LogP contribution is -2.49. The molecule has 0 bridgehead atoms. The molecule has 98 valence electrons. The SMILES string of the molecule is CC1CN(C)CCN1Cc1ccccc1[N+](=O)[O-]. The van der Waals surface area contributed by atoms with E-state index in [0.29, 0.717) is 12.6 Å². The van der Waals surface area contributed by atoms with E-state index in [1.165, 1.54) is 0 Å². The number of piperazine rings is 1. The average molecular weight is 249 g/mol. The van der Waals surface area contributed by atoms with Gasteiger partial charge < -0.3 is 4.90 Å². The Morgan fingerprint density at radius 2 is 2.11 bits per heavy atom. The van der Waals surface area contributed by atoms with Crippen LogP contribution in [-0.4, -0.2) is 47.4 Å². The highest BCUT2D eigenvalue weighted by molar-refractivity contribution is 5.39. The van der Waals surface area contributed by atoms with Crippen LogP contribution < -0.4 is 0 Å². The molecule has 1 aliphatic heterocycles. The summed E-state index contributed by atoms with van der Waals surface area (Å²) in [5.74, 6) is 0. The van der Waals surface area contributed by atoms with Crippen LogP contribution in [0.5, 0.6) is 0 Å². The maximum atomic E-state index is 11.0. The fraction of sp³-hybridized carbons (Fsp3) is 0.538. The molecule has 1 saturated heterocycles. The Balaban J connectivity index is 2.12. The molecule has 1 aliphatic rings. The molecule has 0 spiro atoms. The Morgan fingerprint density at radius 3 is 2.78 bits per heavy atom. The topological polar surface area (TPSA) is 49.6 Å². The highest BCUT2D eigenvalue weighted by Gasteiger charge is 2.23. The Bertz CT molecular complexity index is 436. The van der Waals surface area contributed by atoms with Crippen molar-refractivity contribution in [3.05, 3.63) is 39.9 Å². The van der Waals surface area contributed by atoms with Gasteiger partial charge in [-0.3, -0.25) is 15.0 Å². The van der Waals surface area contributed by atoms with E-state index in [1.807, 2.05) is 12.1 Å². The number of hydrogen-bond donors (Lipinski definition) is 0. The van der Waals surface area contributed by atoms with E-state index in [9.17, 15) is 10.1 Å². The molecule has 0 aromatic heterocycles. The van der Waals surface area contributed by atoms with Gasteiger partial charge in [0.2, 0.25) is 0 Å². The van der Waals surface area contributed by atoms with Gasteiger partial charge in [-0.25, -0.2) is 0 Å². The molecule has 1 aromatic rings. The molecular formula is C13H19N3O2. The summed E-state index contributed by atoms with van der Waals surface area (Å²) in [4.78, 5) is 15.3. The van der Waals surface area contributed by atoms with E-state index >= 15 is 0 Å². The zero-order chi connectivity index (χ0) is 13.1. The molecular weight excluding hydrogens is 230 g/mol. The van der Waals surface area contributed by atoms with Crippen LogP contribution in [0.25, 0.3) is 0 Å². The Hall–Kier alpha value is -1.46. The molecule has 1 atom stereocenters. The Kier molecular flexibility index (Phi) is 3.93. The molecule has 0 saturated carbocycles. The van der Waals surface area contributed by atoms with Crippen molar-refractivity contribution in [2.24, 2.45) is 0 Å². The van der Waals surface area contributed by atoms with Crippen LogP contribution >= 0.6 is 0 Å². The lowest BCUT2D eigenvalue weighted by atomic mass is 10.1. The molecule has 2 rings (SSSR count). The number of nitro groups is 1. The van der Waals surface area contributed by atoms with Gasteiger partial charge in [-0.05, 0) is 14.0 Å². The minimum Gasteiger partial charge on any atom is -0.304 e. The van der Waals surface area contributed by atoms with Crippen molar-refractivity contribution < 1.29 is 4.92 Å². The third-order valence-corrected chi connectivity index (χ3v) is 3.53. The van der Waals surface area contributed by atoms with Gasteiger partial charge in [-0.15, -0.1) is 0 Å². The van der Waals surface area contributed by atoms with Crippen molar-refractivity contribution in [2.75, 3.05) is 26.7 Å². The summed E-state index contributed by atoms with van der Waals surface area (Å²) < 4.78 is 0. The van der Waals surface area contributed by atoms with Crippen LogP contribution in [0.4, 0.5) is 5.69 Å². The summed E-state index contributed by atoms with van der Waals surface area (Å²) in [5.41, 5.74) is 1.03. The summed E-state index contributed by atoms with van der Waals surface area (Å²) in [6, 6.07) is 7.45.